The number of nitrogens with one attached hydrogen (secondary N) is 1. The maximum absolute atomic E-state index is 13.8. The summed E-state index contributed by atoms with van der Waals surface area (Å²) in [5.41, 5.74) is 0.894. The Morgan fingerprint density at radius 2 is 1.90 bits per heavy atom. The number of ether oxygens (including phenoxy) is 1. The predicted octanol–water partition coefficient (Wildman–Crippen LogP) is 5.02. The summed E-state index contributed by atoms with van der Waals surface area (Å²) < 4.78 is 33.1. The molecule has 21 heavy (non-hydrogen) atoms. The van der Waals surface area contributed by atoms with E-state index in [4.69, 9.17) is 4.74 Å². The van der Waals surface area contributed by atoms with Crippen molar-refractivity contribution < 1.29 is 13.5 Å². The van der Waals surface area contributed by atoms with Crippen LogP contribution in [0.4, 0.5) is 8.78 Å². The highest BCUT2D eigenvalue weighted by Gasteiger charge is 2.13. The van der Waals surface area contributed by atoms with Gasteiger partial charge in [-0.2, -0.15) is 4.39 Å². The van der Waals surface area contributed by atoms with E-state index in [1.807, 2.05) is 12.1 Å². The molecule has 0 bridgehead atoms. The van der Waals surface area contributed by atoms with Crippen molar-refractivity contribution >= 4 is 15.9 Å². The van der Waals surface area contributed by atoms with Crippen LogP contribution >= 0.6 is 15.9 Å². The van der Waals surface area contributed by atoms with E-state index in [2.05, 4.69) is 28.2 Å². The van der Waals surface area contributed by atoms with Crippen molar-refractivity contribution in [2.24, 2.45) is 0 Å². The number of hydrogen-bond donors (Lipinski definition) is 1. The van der Waals surface area contributed by atoms with Gasteiger partial charge in [0.05, 0.1) is 0 Å². The van der Waals surface area contributed by atoms with E-state index >= 15 is 0 Å². The Morgan fingerprint density at radius 1 is 1.14 bits per heavy atom. The first-order valence-electron chi connectivity index (χ1n) is 6.73. The summed E-state index contributed by atoms with van der Waals surface area (Å²) in [4.78, 5) is 0. The van der Waals surface area contributed by atoms with Gasteiger partial charge in [-0.3, -0.25) is 0 Å². The van der Waals surface area contributed by atoms with Crippen LogP contribution in [0, 0.1) is 11.6 Å². The third-order valence-corrected chi connectivity index (χ3v) is 3.35. The zero-order chi connectivity index (χ0) is 15.2. The van der Waals surface area contributed by atoms with Crippen molar-refractivity contribution in [3.8, 4) is 11.5 Å². The van der Waals surface area contributed by atoms with Gasteiger partial charge in [0.15, 0.2) is 11.6 Å². The van der Waals surface area contributed by atoms with Crippen LogP contribution < -0.4 is 10.1 Å². The minimum atomic E-state index is -0.991. The van der Waals surface area contributed by atoms with Crippen molar-refractivity contribution in [2.45, 2.75) is 19.9 Å². The number of halogens is 3. The minimum absolute atomic E-state index is 0.134. The number of rotatable bonds is 6. The first kappa shape index (κ1) is 15.9. The highest BCUT2D eigenvalue weighted by atomic mass is 79.9. The normalized spacial score (nSPS) is 10.7. The SMILES string of the molecule is CCCNCc1ccccc1Oc1cc(Br)cc(F)c1F. The molecule has 0 aliphatic rings. The van der Waals surface area contributed by atoms with Crippen LogP contribution in [0.1, 0.15) is 18.9 Å². The fraction of sp³-hybridized carbons (Fsp3) is 0.250. The summed E-state index contributed by atoms with van der Waals surface area (Å²) in [5, 5.41) is 3.26. The Hall–Kier alpha value is -1.46. The molecule has 5 heteroatoms. The van der Waals surface area contributed by atoms with E-state index in [0.29, 0.717) is 16.8 Å². The van der Waals surface area contributed by atoms with E-state index < -0.39 is 11.6 Å². The van der Waals surface area contributed by atoms with Crippen LogP contribution in [0.2, 0.25) is 0 Å². The van der Waals surface area contributed by atoms with Crippen LogP contribution in [-0.4, -0.2) is 6.54 Å². The lowest BCUT2D eigenvalue weighted by molar-refractivity contribution is 0.411. The molecule has 0 aliphatic carbocycles. The largest absolute Gasteiger partial charge is 0.454 e. The predicted molar refractivity (Wildman–Crippen MR) is 82.6 cm³/mol. The molecule has 0 saturated heterocycles. The first-order valence-corrected chi connectivity index (χ1v) is 7.52. The zero-order valence-electron chi connectivity index (χ0n) is 11.6. The Kier molecular flexibility index (Phi) is 5.70. The van der Waals surface area contributed by atoms with Crippen molar-refractivity contribution in [2.75, 3.05) is 6.54 Å². The van der Waals surface area contributed by atoms with E-state index in [1.54, 1.807) is 12.1 Å². The van der Waals surface area contributed by atoms with Gasteiger partial charge in [-0.25, -0.2) is 4.39 Å². The molecule has 1 N–H and O–H groups in total. The van der Waals surface area contributed by atoms with Crippen molar-refractivity contribution in [3.05, 3.63) is 58.1 Å². The second-order valence-corrected chi connectivity index (χ2v) is 5.50. The van der Waals surface area contributed by atoms with E-state index in [-0.39, 0.29) is 5.75 Å². The van der Waals surface area contributed by atoms with Gasteiger partial charge in [-0.1, -0.05) is 41.1 Å². The molecule has 0 heterocycles. The summed E-state index contributed by atoms with van der Waals surface area (Å²) in [5.74, 6) is -1.56. The van der Waals surface area contributed by atoms with Gasteiger partial charge in [0.25, 0.3) is 0 Å². The molecule has 0 saturated carbocycles. The summed E-state index contributed by atoms with van der Waals surface area (Å²) in [7, 11) is 0. The van der Waals surface area contributed by atoms with Crippen LogP contribution in [0.5, 0.6) is 11.5 Å². The maximum Gasteiger partial charge on any atom is 0.201 e. The van der Waals surface area contributed by atoms with Gasteiger partial charge in [0.2, 0.25) is 5.82 Å². The van der Waals surface area contributed by atoms with Gasteiger partial charge >= 0.3 is 0 Å². The molecule has 0 spiro atoms. The van der Waals surface area contributed by atoms with Crippen LogP contribution in [-0.2, 0) is 6.54 Å². The molecule has 0 aliphatic heterocycles. The lowest BCUT2D eigenvalue weighted by Gasteiger charge is -2.12. The molecule has 112 valence electrons. The smallest absolute Gasteiger partial charge is 0.201 e. The molecule has 0 aromatic heterocycles. The summed E-state index contributed by atoms with van der Waals surface area (Å²) >= 11 is 3.13. The Labute approximate surface area is 131 Å². The second kappa shape index (κ2) is 7.52. The van der Waals surface area contributed by atoms with E-state index in [1.165, 1.54) is 6.07 Å². The Balaban J connectivity index is 2.23. The fourth-order valence-electron chi connectivity index (χ4n) is 1.87. The highest BCUT2D eigenvalue weighted by molar-refractivity contribution is 9.10. The van der Waals surface area contributed by atoms with Crippen LogP contribution in [0.15, 0.2) is 40.9 Å². The van der Waals surface area contributed by atoms with Gasteiger partial charge in [0, 0.05) is 16.6 Å². The summed E-state index contributed by atoms with van der Waals surface area (Å²) in [6.07, 6.45) is 1.02. The van der Waals surface area contributed by atoms with Crippen molar-refractivity contribution in [1.29, 1.82) is 0 Å². The molecule has 2 aromatic carbocycles. The van der Waals surface area contributed by atoms with E-state index in [0.717, 1.165) is 24.6 Å². The average molecular weight is 356 g/mol. The molecule has 2 rings (SSSR count). The second-order valence-electron chi connectivity index (χ2n) is 4.59. The molecule has 0 radical (unpaired) electrons. The number of benzene rings is 2. The van der Waals surface area contributed by atoms with Crippen LogP contribution in [0.3, 0.4) is 0 Å². The molecule has 2 nitrogen and oxygen atoms in total. The zero-order valence-corrected chi connectivity index (χ0v) is 13.2. The third kappa shape index (κ3) is 4.25. The monoisotopic (exact) mass is 355 g/mol. The standard InChI is InChI=1S/C16H16BrF2NO/c1-2-7-20-10-11-5-3-4-6-14(11)21-15-9-12(17)8-13(18)16(15)19/h3-6,8-9,20H,2,7,10H2,1H3. The molecular weight excluding hydrogens is 340 g/mol. The van der Waals surface area contributed by atoms with Crippen molar-refractivity contribution in [3.63, 3.8) is 0 Å². The van der Waals surface area contributed by atoms with Gasteiger partial charge < -0.3 is 10.1 Å². The number of para-hydroxylation sites is 1. The molecular formula is C16H16BrF2NO. The minimum Gasteiger partial charge on any atom is -0.454 e. The third-order valence-electron chi connectivity index (χ3n) is 2.89. The summed E-state index contributed by atoms with van der Waals surface area (Å²) in [6, 6.07) is 9.79. The lowest BCUT2D eigenvalue weighted by atomic mass is 10.2. The first-order chi connectivity index (χ1) is 10.1. The Morgan fingerprint density at radius 3 is 2.67 bits per heavy atom. The Bertz CT molecular complexity index is 619. The quantitative estimate of drug-likeness (QED) is 0.580. The average Bonchev–Trinajstić information content (AvgIpc) is 2.46. The van der Waals surface area contributed by atoms with Crippen LogP contribution in [0.25, 0.3) is 0 Å². The fourth-order valence-corrected chi connectivity index (χ4v) is 2.28. The molecule has 0 unspecified atom stereocenters. The summed E-state index contributed by atoms with van der Waals surface area (Å²) in [6.45, 7) is 3.57. The lowest BCUT2D eigenvalue weighted by Crippen LogP contribution is -2.14. The van der Waals surface area contributed by atoms with Gasteiger partial charge in [0.1, 0.15) is 5.75 Å². The highest BCUT2D eigenvalue weighted by Crippen LogP contribution is 2.31. The van der Waals surface area contributed by atoms with E-state index in [9.17, 15) is 8.78 Å². The topological polar surface area (TPSA) is 21.3 Å². The van der Waals surface area contributed by atoms with Crippen molar-refractivity contribution in [1.82, 2.24) is 5.32 Å². The van der Waals surface area contributed by atoms with Gasteiger partial charge in [-0.15, -0.1) is 0 Å². The molecule has 0 fully saturated rings. The van der Waals surface area contributed by atoms with Gasteiger partial charge in [-0.05, 0) is 31.2 Å². The maximum atomic E-state index is 13.8. The number of hydrogen-bond acceptors (Lipinski definition) is 2. The molecule has 2 aromatic rings. The molecule has 0 atom stereocenters. The molecule has 0 amide bonds.